The van der Waals surface area contributed by atoms with E-state index in [0.717, 1.165) is 11.3 Å². The number of benzene rings is 1. The van der Waals surface area contributed by atoms with Crippen LogP contribution in [0.1, 0.15) is 32.8 Å². The Labute approximate surface area is 102 Å². The van der Waals surface area contributed by atoms with E-state index in [4.69, 9.17) is 9.84 Å². The molecule has 3 heteroatoms. The van der Waals surface area contributed by atoms with Gasteiger partial charge in [0.15, 0.2) is 0 Å². The van der Waals surface area contributed by atoms with Crippen LogP contribution in [0.15, 0.2) is 24.3 Å². The number of rotatable bonds is 6. The van der Waals surface area contributed by atoms with Gasteiger partial charge in [-0.2, -0.15) is 0 Å². The lowest BCUT2D eigenvalue weighted by Crippen LogP contribution is -2.15. The fraction of sp³-hybridized carbons (Fsp3) is 0.500. The van der Waals surface area contributed by atoms with Gasteiger partial charge >= 0.3 is 5.97 Å². The molecule has 94 valence electrons. The highest BCUT2D eigenvalue weighted by atomic mass is 16.5. The summed E-state index contributed by atoms with van der Waals surface area (Å²) in [6.45, 7) is 5.85. The highest BCUT2D eigenvalue weighted by Crippen LogP contribution is 2.17. The molecular formula is C14H20O3. The van der Waals surface area contributed by atoms with Crippen molar-refractivity contribution in [3.8, 4) is 5.75 Å². The monoisotopic (exact) mass is 236 g/mol. The van der Waals surface area contributed by atoms with Crippen molar-refractivity contribution in [1.29, 1.82) is 0 Å². The second-order valence-corrected chi connectivity index (χ2v) is 4.46. The summed E-state index contributed by atoms with van der Waals surface area (Å²) < 4.78 is 5.53. The van der Waals surface area contributed by atoms with Crippen LogP contribution in [0.2, 0.25) is 0 Å². The molecule has 0 aromatic heterocycles. The van der Waals surface area contributed by atoms with Crippen molar-refractivity contribution in [3.05, 3.63) is 29.8 Å². The van der Waals surface area contributed by atoms with E-state index >= 15 is 0 Å². The standard InChI is InChI=1S/C14H20O3/c1-4-12(14(15)16)9-11-5-7-13(8-6-11)17-10(2)3/h5-8,10,12H,4,9H2,1-3H3,(H,15,16). The molecule has 1 atom stereocenters. The van der Waals surface area contributed by atoms with Crippen molar-refractivity contribution in [2.45, 2.75) is 39.7 Å². The molecule has 0 saturated heterocycles. The number of carboxylic acids is 1. The lowest BCUT2D eigenvalue weighted by molar-refractivity contribution is -0.141. The first-order valence-electron chi connectivity index (χ1n) is 6.01. The van der Waals surface area contributed by atoms with Gasteiger partial charge < -0.3 is 9.84 Å². The van der Waals surface area contributed by atoms with Gasteiger partial charge in [-0.1, -0.05) is 19.1 Å². The van der Waals surface area contributed by atoms with E-state index in [9.17, 15) is 4.79 Å². The van der Waals surface area contributed by atoms with Crippen LogP contribution in [0.4, 0.5) is 0 Å². The molecule has 0 fully saturated rings. The molecule has 0 aliphatic rings. The smallest absolute Gasteiger partial charge is 0.306 e. The fourth-order valence-corrected chi connectivity index (χ4v) is 1.67. The molecule has 1 rings (SSSR count). The lowest BCUT2D eigenvalue weighted by atomic mass is 9.97. The van der Waals surface area contributed by atoms with Crippen LogP contribution in [-0.4, -0.2) is 17.2 Å². The summed E-state index contributed by atoms with van der Waals surface area (Å²) in [5.74, 6) is -0.200. The van der Waals surface area contributed by atoms with Crippen molar-refractivity contribution in [1.82, 2.24) is 0 Å². The third-order valence-corrected chi connectivity index (χ3v) is 2.62. The zero-order chi connectivity index (χ0) is 12.8. The van der Waals surface area contributed by atoms with Crippen LogP contribution in [-0.2, 0) is 11.2 Å². The number of carboxylic acid groups (broad SMARTS) is 1. The Bertz CT molecular complexity index is 354. The predicted octanol–water partition coefficient (Wildman–Crippen LogP) is 3.13. The van der Waals surface area contributed by atoms with E-state index < -0.39 is 5.97 Å². The summed E-state index contributed by atoms with van der Waals surface area (Å²) in [5.41, 5.74) is 1.04. The molecule has 0 saturated carbocycles. The van der Waals surface area contributed by atoms with E-state index in [2.05, 4.69) is 0 Å². The summed E-state index contributed by atoms with van der Waals surface area (Å²) in [7, 11) is 0. The third kappa shape index (κ3) is 4.47. The van der Waals surface area contributed by atoms with Gasteiger partial charge in [-0.15, -0.1) is 0 Å². The lowest BCUT2D eigenvalue weighted by Gasteiger charge is -2.12. The molecule has 1 N–H and O–H groups in total. The van der Waals surface area contributed by atoms with Crippen LogP contribution < -0.4 is 4.74 Å². The summed E-state index contributed by atoms with van der Waals surface area (Å²) in [4.78, 5) is 10.9. The summed E-state index contributed by atoms with van der Waals surface area (Å²) >= 11 is 0. The van der Waals surface area contributed by atoms with Crippen molar-refractivity contribution in [2.75, 3.05) is 0 Å². The van der Waals surface area contributed by atoms with Crippen molar-refractivity contribution >= 4 is 5.97 Å². The number of aliphatic carboxylic acids is 1. The second kappa shape index (κ2) is 6.28. The SMILES string of the molecule is CCC(Cc1ccc(OC(C)C)cc1)C(=O)O. The molecule has 0 amide bonds. The molecule has 0 aliphatic heterocycles. The molecule has 0 aliphatic carbocycles. The summed E-state index contributed by atoms with van der Waals surface area (Å²) in [5, 5.41) is 8.98. The largest absolute Gasteiger partial charge is 0.491 e. The fourth-order valence-electron chi connectivity index (χ4n) is 1.67. The maximum absolute atomic E-state index is 10.9. The molecule has 1 aromatic carbocycles. The van der Waals surface area contributed by atoms with Gasteiger partial charge in [0.2, 0.25) is 0 Å². The van der Waals surface area contributed by atoms with E-state index in [1.54, 1.807) is 0 Å². The molecule has 0 radical (unpaired) electrons. The van der Waals surface area contributed by atoms with Gasteiger partial charge in [-0.05, 0) is 44.4 Å². The van der Waals surface area contributed by atoms with Crippen LogP contribution in [0.5, 0.6) is 5.75 Å². The van der Waals surface area contributed by atoms with E-state index in [0.29, 0.717) is 12.8 Å². The molecule has 17 heavy (non-hydrogen) atoms. The Hall–Kier alpha value is -1.51. The van der Waals surface area contributed by atoms with E-state index in [1.807, 2.05) is 45.0 Å². The normalized spacial score (nSPS) is 12.5. The number of hydrogen-bond acceptors (Lipinski definition) is 2. The summed E-state index contributed by atoms with van der Waals surface area (Å²) in [6.07, 6.45) is 1.39. The first kappa shape index (κ1) is 13.6. The molecule has 0 heterocycles. The Kier molecular flexibility index (Phi) is 5.01. The van der Waals surface area contributed by atoms with Gasteiger partial charge in [0, 0.05) is 0 Å². The minimum absolute atomic E-state index is 0.156. The van der Waals surface area contributed by atoms with Gasteiger partial charge in [-0.25, -0.2) is 0 Å². The maximum Gasteiger partial charge on any atom is 0.306 e. The third-order valence-electron chi connectivity index (χ3n) is 2.62. The van der Waals surface area contributed by atoms with Crippen molar-refractivity contribution in [3.63, 3.8) is 0 Å². The molecular weight excluding hydrogens is 216 g/mol. The van der Waals surface area contributed by atoms with Crippen molar-refractivity contribution < 1.29 is 14.6 Å². The van der Waals surface area contributed by atoms with Crippen molar-refractivity contribution in [2.24, 2.45) is 5.92 Å². The average molecular weight is 236 g/mol. The average Bonchev–Trinajstić information content (AvgIpc) is 2.26. The first-order valence-corrected chi connectivity index (χ1v) is 6.01. The Morgan fingerprint density at radius 3 is 2.29 bits per heavy atom. The van der Waals surface area contributed by atoms with Crippen LogP contribution in [0, 0.1) is 5.92 Å². The zero-order valence-corrected chi connectivity index (χ0v) is 10.6. The van der Waals surface area contributed by atoms with Gasteiger partial charge in [0.25, 0.3) is 0 Å². The topological polar surface area (TPSA) is 46.5 Å². The zero-order valence-electron chi connectivity index (χ0n) is 10.6. The predicted molar refractivity (Wildman–Crippen MR) is 67.3 cm³/mol. The maximum atomic E-state index is 10.9. The first-order chi connectivity index (χ1) is 8.02. The molecule has 0 spiro atoms. The van der Waals surface area contributed by atoms with Crippen LogP contribution in [0.3, 0.4) is 0 Å². The molecule has 3 nitrogen and oxygen atoms in total. The number of ether oxygens (including phenoxy) is 1. The van der Waals surface area contributed by atoms with E-state index in [1.165, 1.54) is 0 Å². The minimum atomic E-state index is -0.727. The van der Waals surface area contributed by atoms with Crippen LogP contribution >= 0.6 is 0 Å². The minimum Gasteiger partial charge on any atom is -0.491 e. The van der Waals surface area contributed by atoms with Gasteiger partial charge in [-0.3, -0.25) is 4.79 Å². The van der Waals surface area contributed by atoms with E-state index in [-0.39, 0.29) is 12.0 Å². The summed E-state index contributed by atoms with van der Waals surface area (Å²) in [6, 6.07) is 7.65. The highest BCUT2D eigenvalue weighted by molar-refractivity contribution is 5.70. The Morgan fingerprint density at radius 2 is 1.88 bits per heavy atom. The highest BCUT2D eigenvalue weighted by Gasteiger charge is 2.15. The van der Waals surface area contributed by atoms with Gasteiger partial charge in [0.05, 0.1) is 12.0 Å². The quantitative estimate of drug-likeness (QED) is 0.825. The number of hydrogen-bond donors (Lipinski definition) is 1. The molecule has 1 aromatic rings. The number of carbonyl (C=O) groups is 1. The molecule has 1 unspecified atom stereocenters. The van der Waals surface area contributed by atoms with Crippen LogP contribution in [0.25, 0.3) is 0 Å². The second-order valence-electron chi connectivity index (χ2n) is 4.46. The van der Waals surface area contributed by atoms with Gasteiger partial charge in [0.1, 0.15) is 5.75 Å². The molecule has 0 bridgehead atoms. The Balaban J connectivity index is 2.64. The Morgan fingerprint density at radius 1 is 1.29 bits per heavy atom.